The van der Waals surface area contributed by atoms with E-state index in [1.165, 1.54) is 24.1 Å². The number of carbonyl (C=O) groups is 1. The highest BCUT2D eigenvalue weighted by molar-refractivity contribution is 6.04. The Labute approximate surface area is 188 Å². The van der Waals surface area contributed by atoms with E-state index in [9.17, 15) is 14.7 Å². The summed E-state index contributed by atoms with van der Waals surface area (Å²) in [6.07, 6.45) is 7.72. The van der Waals surface area contributed by atoms with E-state index >= 15 is 0 Å². The fourth-order valence-corrected chi connectivity index (χ4v) is 3.44. The number of hydrogen-bond acceptors (Lipinski definition) is 9. The molecule has 170 valence electrons. The molecule has 0 aromatic carbocycles. The number of anilines is 2. The van der Waals surface area contributed by atoms with Gasteiger partial charge in [-0.3, -0.25) is 23.8 Å². The molecule has 0 aliphatic heterocycles. The van der Waals surface area contributed by atoms with Crippen molar-refractivity contribution in [3.8, 4) is 16.9 Å². The number of nitrogens with one attached hydrogen (secondary N) is 1. The van der Waals surface area contributed by atoms with Gasteiger partial charge in [0.1, 0.15) is 12.0 Å². The third kappa shape index (κ3) is 4.05. The molecule has 0 saturated heterocycles. The van der Waals surface area contributed by atoms with Gasteiger partial charge in [-0.1, -0.05) is 5.16 Å². The number of aryl methyl sites for hydroxylation is 1. The van der Waals surface area contributed by atoms with Crippen LogP contribution in [0.3, 0.4) is 0 Å². The van der Waals surface area contributed by atoms with Crippen molar-refractivity contribution in [2.45, 2.75) is 13.5 Å². The van der Waals surface area contributed by atoms with E-state index in [-0.39, 0.29) is 11.6 Å². The monoisotopic (exact) mass is 450 g/mol. The molecule has 0 bridgehead atoms. The number of aromatic nitrogens is 6. The normalized spacial score (nSPS) is 10.9. The van der Waals surface area contributed by atoms with Crippen LogP contribution in [0.1, 0.15) is 21.7 Å². The second kappa shape index (κ2) is 8.57. The minimum absolute atomic E-state index is 0.186. The van der Waals surface area contributed by atoms with Crippen molar-refractivity contribution in [2.24, 2.45) is 14.1 Å². The lowest BCUT2D eigenvalue weighted by Gasteiger charge is -2.22. The van der Waals surface area contributed by atoms with Crippen molar-refractivity contribution in [3.05, 3.63) is 64.4 Å². The van der Waals surface area contributed by atoms with E-state index in [1.807, 2.05) is 20.0 Å². The lowest BCUT2D eigenvalue weighted by molar-refractivity contribution is 0.101. The molecule has 0 aliphatic rings. The highest BCUT2D eigenvalue weighted by atomic mass is 16.5. The van der Waals surface area contributed by atoms with Gasteiger partial charge < -0.3 is 19.8 Å². The number of aromatic hydroxyl groups is 1. The van der Waals surface area contributed by atoms with E-state index < -0.39 is 22.9 Å². The van der Waals surface area contributed by atoms with Crippen LogP contribution in [0.4, 0.5) is 11.6 Å². The van der Waals surface area contributed by atoms with Gasteiger partial charge in [-0.25, -0.2) is 4.98 Å². The summed E-state index contributed by atoms with van der Waals surface area (Å²) >= 11 is 0. The van der Waals surface area contributed by atoms with Gasteiger partial charge >= 0.3 is 0 Å². The molecule has 0 aliphatic carbocycles. The Morgan fingerprint density at radius 3 is 2.70 bits per heavy atom. The first-order valence-electron chi connectivity index (χ1n) is 9.91. The molecule has 12 nitrogen and oxygen atoms in total. The third-order valence-corrected chi connectivity index (χ3v) is 5.33. The predicted octanol–water partition coefficient (Wildman–Crippen LogP) is 1.47. The smallest absolute Gasteiger partial charge is 0.297 e. The summed E-state index contributed by atoms with van der Waals surface area (Å²) < 4.78 is 7.64. The van der Waals surface area contributed by atoms with Gasteiger partial charge in [-0.15, -0.1) is 0 Å². The SMILES string of the molecule is Cc1c(-c2ccncc2CN(C)c2nc(C(=O)Nc3cnoc3)c(O)c(=O)n2C)cnn1C. The summed E-state index contributed by atoms with van der Waals surface area (Å²) in [5.41, 5.74) is 2.87. The Kier molecular flexibility index (Phi) is 5.65. The average Bonchev–Trinajstić information content (AvgIpc) is 3.42. The van der Waals surface area contributed by atoms with E-state index in [1.54, 1.807) is 35.2 Å². The van der Waals surface area contributed by atoms with Crippen molar-refractivity contribution in [3.63, 3.8) is 0 Å². The Bertz CT molecular complexity index is 1370. The molecular weight excluding hydrogens is 428 g/mol. The number of hydrogen-bond donors (Lipinski definition) is 2. The van der Waals surface area contributed by atoms with Gasteiger partial charge in [0.15, 0.2) is 5.69 Å². The fourth-order valence-electron chi connectivity index (χ4n) is 3.44. The van der Waals surface area contributed by atoms with Crippen molar-refractivity contribution < 1.29 is 14.4 Å². The lowest BCUT2D eigenvalue weighted by atomic mass is 10.0. The molecule has 0 saturated carbocycles. The molecule has 4 aromatic rings. The van der Waals surface area contributed by atoms with Gasteiger partial charge in [-0.2, -0.15) is 5.10 Å². The number of carbonyl (C=O) groups excluding carboxylic acids is 1. The summed E-state index contributed by atoms with van der Waals surface area (Å²) in [5, 5.41) is 20.5. The van der Waals surface area contributed by atoms with Crippen LogP contribution in [0, 0.1) is 6.92 Å². The van der Waals surface area contributed by atoms with Crippen LogP contribution in [-0.4, -0.2) is 47.5 Å². The van der Waals surface area contributed by atoms with E-state index in [0.717, 1.165) is 22.4 Å². The van der Waals surface area contributed by atoms with Gasteiger partial charge in [0, 0.05) is 51.3 Å². The van der Waals surface area contributed by atoms with Crippen molar-refractivity contribution in [2.75, 3.05) is 17.3 Å². The molecular formula is C21H22N8O4. The summed E-state index contributed by atoms with van der Waals surface area (Å²) in [6.45, 7) is 2.30. The van der Waals surface area contributed by atoms with Crippen LogP contribution in [0.15, 0.2) is 46.4 Å². The second-order valence-corrected chi connectivity index (χ2v) is 7.50. The molecule has 4 heterocycles. The first-order chi connectivity index (χ1) is 15.8. The maximum atomic E-state index is 12.6. The van der Waals surface area contributed by atoms with Crippen LogP contribution >= 0.6 is 0 Å². The molecule has 4 rings (SSSR count). The largest absolute Gasteiger partial charge is 0.501 e. The van der Waals surface area contributed by atoms with Crippen LogP contribution in [0.2, 0.25) is 0 Å². The lowest BCUT2D eigenvalue weighted by Crippen LogP contribution is -2.31. The molecule has 0 radical (unpaired) electrons. The molecule has 0 atom stereocenters. The Hall–Kier alpha value is -4.48. The molecule has 0 unspecified atom stereocenters. The Morgan fingerprint density at radius 2 is 2.03 bits per heavy atom. The zero-order valence-electron chi connectivity index (χ0n) is 18.5. The molecule has 1 amide bonds. The molecule has 12 heteroatoms. The quantitative estimate of drug-likeness (QED) is 0.446. The van der Waals surface area contributed by atoms with Crippen LogP contribution in [0.5, 0.6) is 5.75 Å². The number of rotatable bonds is 6. The average molecular weight is 450 g/mol. The molecule has 33 heavy (non-hydrogen) atoms. The number of pyridine rings is 1. The van der Waals surface area contributed by atoms with Crippen molar-refractivity contribution in [1.82, 2.24) is 29.5 Å². The summed E-state index contributed by atoms with van der Waals surface area (Å²) in [6, 6.07) is 1.90. The van der Waals surface area contributed by atoms with Gasteiger partial charge in [0.25, 0.3) is 11.5 Å². The summed E-state index contributed by atoms with van der Waals surface area (Å²) in [5.74, 6) is -1.33. The standard InChI is InChI=1S/C21H22N8O4/c1-12-16(9-23-29(12)4)15-5-6-22-7-13(15)10-27(2)21-26-17(18(30)20(32)28(21)3)19(31)25-14-8-24-33-11-14/h5-9,11,30H,10H2,1-4H3,(H,25,31). The van der Waals surface area contributed by atoms with Crippen LogP contribution in [-0.2, 0) is 20.6 Å². The zero-order chi connectivity index (χ0) is 23.7. The van der Waals surface area contributed by atoms with Gasteiger partial charge in [0.05, 0.1) is 12.4 Å². The maximum absolute atomic E-state index is 12.6. The third-order valence-electron chi connectivity index (χ3n) is 5.33. The Balaban J connectivity index is 1.69. The van der Waals surface area contributed by atoms with Gasteiger partial charge in [0.2, 0.25) is 11.7 Å². The molecule has 0 spiro atoms. The minimum atomic E-state index is -0.767. The first kappa shape index (κ1) is 21.7. The van der Waals surface area contributed by atoms with E-state index in [4.69, 9.17) is 0 Å². The zero-order valence-corrected chi connectivity index (χ0v) is 18.5. The van der Waals surface area contributed by atoms with Crippen LogP contribution < -0.4 is 15.8 Å². The van der Waals surface area contributed by atoms with Crippen LogP contribution in [0.25, 0.3) is 11.1 Å². The molecule has 2 N–H and O–H groups in total. The highest BCUT2D eigenvalue weighted by Gasteiger charge is 2.23. The number of amides is 1. The molecule has 0 fully saturated rings. The van der Waals surface area contributed by atoms with E-state index in [2.05, 4.69) is 30.1 Å². The second-order valence-electron chi connectivity index (χ2n) is 7.50. The maximum Gasteiger partial charge on any atom is 0.297 e. The van der Waals surface area contributed by atoms with Crippen molar-refractivity contribution in [1.29, 1.82) is 0 Å². The summed E-state index contributed by atoms with van der Waals surface area (Å²) in [7, 11) is 5.07. The summed E-state index contributed by atoms with van der Waals surface area (Å²) in [4.78, 5) is 35.4. The molecule has 4 aromatic heterocycles. The first-order valence-corrected chi connectivity index (χ1v) is 9.91. The number of nitrogens with zero attached hydrogens (tertiary/aromatic N) is 7. The highest BCUT2D eigenvalue weighted by Crippen LogP contribution is 2.27. The fraction of sp³-hybridized carbons (Fsp3) is 0.238. The van der Waals surface area contributed by atoms with Gasteiger partial charge in [-0.05, 0) is 24.1 Å². The van der Waals surface area contributed by atoms with Crippen molar-refractivity contribution >= 4 is 17.5 Å². The topological polar surface area (TPSA) is 144 Å². The predicted molar refractivity (Wildman–Crippen MR) is 119 cm³/mol. The van der Waals surface area contributed by atoms with E-state index in [0.29, 0.717) is 6.54 Å². The minimum Gasteiger partial charge on any atom is -0.501 e. The Morgan fingerprint density at radius 1 is 1.24 bits per heavy atom.